The Hall–Kier alpha value is -1.89. The number of halogens is 1. The molecule has 90 valence electrons. The first kappa shape index (κ1) is 13.2. The summed E-state index contributed by atoms with van der Waals surface area (Å²) >= 11 is 0. The predicted octanol–water partition coefficient (Wildman–Crippen LogP) is 2.51. The van der Waals surface area contributed by atoms with Gasteiger partial charge in [0, 0.05) is 18.7 Å². The number of rotatable bonds is 3. The average molecular weight is 234 g/mol. The summed E-state index contributed by atoms with van der Waals surface area (Å²) in [7, 11) is 1.65. The van der Waals surface area contributed by atoms with Crippen molar-refractivity contribution >= 4 is 5.91 Å². The van der Waals surface area contributed by atoms with E-state index in [0.29, 0.717) is 11.1 Å². The minimum Gasteiger partial charge on any atom is -0.338 e. The Morgan fingerprint density at radius 2 is 2.24 bits per heavy atom. The number of nitriles is 1. The van der Waals surface area contributed by atoms with E-state index in [4.69, 9.17) is 5.26 Å². The quantitative estimate of drug-likeness (QED) is 0.806. The second kappa shape index (κ2) is 5.44. The molecule has 0 heterocycles. The van der Waals surface area contributed by atoms with Crippen LogP contribution in [0.1, 0.15) is 29.3 Å². The van der Waals surface area contributed by atoms with Gasteiger partial charge in [-0.1, -0.05) is 0 Å². The van der Waals surface area contributed by atoms with Crippen LogP contribution >= 0.6 is 0 Å². The zero-order chi connectivity index (χ0) is 13.0. The molecule has 3 nitrogen and oxygen atoms in total. The van der Waals surface area contributed by atoms with Crippen LogP contribution < -0.4 is 0 Å². The fraction of sp³-hybridized carbons (Fsp3) is 0.385. The first-order valence-electron chi connectivity index (χ1n) is 5.37. The number of nitrogens with zero attached hydrogens (tertiary/aromatic N) is 2. The highest BCUT2D eigenvalue weighted by Gasteiger charge is 2.18. The zero-order valence-electron chi connectivity index (χ0n) is 10.2. The Bertz CT molecular complexity index is 465. The lowest BCUT2D eigenvalue weighted by molar-refractivity contribution is 0.0745. The first-order valence-corrected chi connectivity index (χ1v) is 5.37. The summed E-state index contributed by atoms with van der Waals surface area (Å²) in [6.45, 7) is 3.50. The zero-order valence-corrected chi connectivity index (χ0v) is 10.2. The van der Waals surface area contributed by atoms with E-state index in [9.17, 15) is 9.18 Å². The molecule has 1 unspecified atom stereocenters. The van der Waals surface area contributed by atoms with Crippen LogP contribution in [0, 0.1) is 24.1 Å². The molecule has 0 fully saturated rings. The average Bonchev–Trinajstić information content (AvgIpc) is 2.27. The molecule has 4 heteroatoms. The SMILES string of the molecule is Cc1cc(F)ccc1C(=O)N(C)C(C)CC#N. The molecule has 0 radical (unpaired) electrons. The second-order valence-electron chi connectivity index (χ2n) is 4.09. The van der Waals surface area contributed by atoms with Gasteiger partial charge in [-0.3, -0.25) is 4.79 Å². The summed E-state index contributed by atoms with van der Waals surface area (Å²) in [5.74, 6) is -0.544. The molecule has 0 saturated carbocycles. The summed E-state index contributed by atoms with van der Waals surface area (Å²) in [6, 6.07) is 5.94. The van der Waals surface area contributed by atoms with E-state index in [0.717, 1.165) is 0 Å². The van der Waals surface area contributed by atoms with Gasteiger partial charge in [0.2, 0.25) is 0 Å². The van der Waals surface area contributed by atoms with Crippen LogP contribution in [0.2, 0.25) is 0 Å². The Labute approximate surface area is 100 Å². The van der Waals surface area contributed by atoms with Crippen molar-refractivity contribution in [2.24, 2.45) is 0 Å². The Morgan fingerprint density at radius 1 is 1.59 bits per heavy atom. The number of hydrogen-bond acceptors (Lipinski definition) is 2. The van der Waals surface area contributed by atoms with Crippen molar-refractivity contribution in [2.75, 3.05) is 7.05 Å². The minimum absolute atomic E-state index is 0.156. The summed E-state index contributed by atoms with van der Waals surface area (Å²) in [5.41, 5.74) is 1.07. The van der Waals surface area contributed by atoms with Crippen LogP contribution in [0.25, 0.3) is 0 Å². The summed E-state index contributed by atoms with van der Waals surface area (Å²) in [5, 5.41) is 8.59. The molecule has 0 aliphatic carbocycles. The standard InChI is InChI=1S/C13H15FN2O/c1-9-8-11(14)4-5-12(9)13(17)16(3)10(2)6-7-15/h4-5,8,10H,6H2,1-3H3. The van der Waals surface area contributed by atoms with Gasteiger partial charge in [-0.25, -0.2) is 4.39 Å². The lowest BCUT2D eigenvalue weighted by Crippen LogP contribution is -2.35. The van der Waals surface area contributed by atoms with Gasteiger partial charge in [-0.2, -0.15) is 5.26 Å². The predicted molar refractivity (Wildman–Crippen MR) is 62.9 cm³/mol. The molecule has 0 aromatic heterocycles. The van der Waals surface area contributed by atoms with Gasteiger partial charge >= 0.3 is 0 Å². The van der Waals surface area contributed by atoms with E-state index in [1.807, 2.05) is 6.07 Å². The number of amides is 1. The summed E-state index contributed by atoms with van der Waals surface area (Å²) < 4.78 is 12.9. The molecule has 0 N–H and O–H groups in total. The number of benzene rings is 1. The normalized spacial score (nSPS) is 11.7. The van der Waals surface area contributed by atoms with Crippen molar-refractivity contribution in [3.63, 3.8) is 0 Å². The Morgan fingerprint density at radius 3 is 2.76 bits per heavy atom. The van der Waals surface area contributed by atoms with Crippen LogP contribution in [0.4, 0.5) is 4.39 Å². The fourth-order valence-electron chi connectivity index (χ4n) is 1.53. The highest BCUT2D eigenvalue weighted by atomic mass is 19.1. The van der Waals surface area contributed by atoms with Crippen LogP contribution in [-0.4, -0.2) is 23.9 Å². The van der Waals surface area contributed by atoms with Crippen molar-refractivity contribution < 1.29 is 9.18 Å². The van der Waals surface area contributed by atoms with Crippen molar-refractivity contribution in [1.82, 2.24) is 4.90 Å². The molecular formula is C13H15FN2O. The molecule has 1 rings (SSSR count). The van der Waals surface area contributed by atoms with E-state index < -0.39 is 0 Å². The molecule has 17 heavy (non-hydrogen) atoms. The van der Waals surface area contributed by atoms with Gasteiger partial charge in [0.05, 0.1) is 12.5 Å². The van der Waals surface area contributed by atoms with Crippen molar-refractivity contribution in [1.29, 1.82) is 5.26 Å². The van der Waals surface area contributed by atoms with Crippen LogP contribution in [0.15, 0.2) is 18.2 Å². The van der Waals surface area contributed by atoms with Gasteiger partial charge in [0.15, 0.2) is 0 Å². The molecule has 1 aromatic rings. The molecule has 1 aromatic carbocycles. The molecule has 0 aliphatic heterocycles. The number of carbonyl (C=O) groups is 1. The monoisotopic (exact) mass is 234 g/mol. The maximum absolute atomic E-state index is 12.9. The minimum atomic E-state index is -0.355. The highest BCUT2D eigenvalue weighted by Crippen LogP contribution is 2.14. The maximum atomic E-state index is 12.9. The number of aryl methyl sites for hydroxylation is 1. The Balaban J connectivity index is 2.93. The third kappa shape index (κ3) is 3.04. The molecule has 1 atom stereocenters. The number of carbonyl (C=O) groups excluding carboxylic acids is 1. The third-order valence-electron chi connectivity index (χ3n) is 2.79. The van der Waals surface area contributed by atoms with E-state index in [2.05, 4.69) is 0 Å². The molecule has 0 spiro atoms. The van der Waals surface area contributed by atoms with Gasteiger partial charge in [-0.15, -0.1) is 0 Å². The summed E-state index contributed by atoms with van der Waals surface area (Å²) in [4.78, 5) is 13.6. The van der Waals surface area contributed by atoms with E-state index in [1.54, 1.807) is 20.9 Å². The van der Waals surface area contributed by atoms with Crippen molar-refractivity contribution in [3.8, 4) is 6.07 Å². The highest BCUT2D eigenvalue weighted by molar-refractivity contribution is 5.95. The van der Waals surface area contributed by atoms with Gasteiger partial charge < -0.3 is 4.90 Å². The lowest BCUT2D eigenvalue weighted by Gasteiger charge is -2.23. The van der Waals surface area contributed by atoms with Gasteiger partial charge in [0.1, 0.15) is 5.82 Å². The summed E-state index contributed by atoms with van der Waals surface area (Å²) in [6.07, 6.45) is 0.280. The van der Waals surface area contributed by atoms with E-state index in [1.165, 1.54) is 23.1 Å². The largest absolute Gasteiger partial charge is 0.338 e. The van der Waals surface area contributed by atoms with Crippen molar-refractivity contribution in [2.45, 2.75) is 26.3 Å². The van der Waals surface area contributed by atoms with E-state index in [-0.39, 0.29) is 24.2 Å². The molecule has 0 bridgehead atoms. The fourth-order valence-corrected chi connectivity index (χ4v) is 1.53. The Kier molecular flexibility index (Phi) is 4.22. The lowest BCUT2D eigenvalue weighted by atomic mass is 10.1. The van der Waals surface area contributed by atoms with Crippen LogP contribution in [0.3, 0.4) is 0 Å². The van der Waals surface area contributed by atoms with Crippen LogP contribution in [0.5, 0.6) is 0 Å². The first-order chi connectivity index (χ1) is 7.97. The smallest absolute Gasteiger partial charge is 0.254 e. The maximum Gasteiger partial charge on any atom is 0.254 e. The third-order valence-corrected chi connectivity index (χ3v) is 2.79. The molecule has 1 amide bonds. The van der Waals surface area contributed by atoms with E-state index >= 15 is 0 Å². The molecule has 0 aliphatic rings. The van der Waals surface area contributed by atoms with Crippen molar-refractivity contribution in [3.05, 3.63) is 35.1 Å². The number of hydrogen-bond donors (Lipinski definition) is 0. The molecule has 0 saturated heterocycles. The molecular weight excluding hydrogens is 219 g/mol. The topological polar surface area (TPSA) is 44.1 Å². The van der Waals surface area contributed by atoms with Gasteiger partial charge in [-0.05, 0) is 37.6 Å². The second-order valence-corrected chi connectivity index (χ2v) is 4.09. The van der Waals surface area contributed by atoms with Gasteiger partial charge in [0.25, 0.3) is 5.91 Å². The van der Waals surface area contributed by atoms with Crippen LogP contribution in [-0.2, 0) is 0 Å².